The zero-order valence-corrected chi connectivity index (χ0v) is 16.3. The summed E-state index contributed by atoms with van der Waals surface area (Å²) in [5.41, 5.74) is 3.85. The van der Waals surface area contributed by atoms with E-state index in [0.717, 1.165) is 11.4 Å². The predicted octanol–water partition coefficient (Wildman–Crippen LogP) is 5.64. The molecule has 0 aliphatic carbocycles. The molecule has 0 spiro atoms. The number of hydrogen-bond acceptors (Lipinski definition) is 3. The minimum atomic E-state index is -0.0739. The molecule has 0 aliphatic heterocycles. The lowest BCUT2D eigenvalue weighted by atomic mass is 10.1. The van der Waals surface area contributed by atoms with Gasteiger partial charge in [-0.2, -0.15) is 0 Å². The molecule has 0 saturated heterocycles. The van der Waals surface area contributed by atoms with Crippen LogP contribution in [0.25, 0.3) is 16.6 Å². The van der Waals surface area contributed by atoms with Crippen molar-refractivity contribution in [1.82, 2.24) is 9.55 Å². The number of aryl methyl sites for hydroxylation is 1. The van der Waals surface area contributed by atoms with Crippen molar-refractivity contribution in [3.8, 4) is 5.69 Å². The molecule has 0 unspecified atom stereocenters. The molecule has 0 fully saturated rings. The monoisotopic (exact) mass is 392 g/mol. The Hall–Kier alpha value is -2.56. The fourth-order valence-corrected chi connectivity index (χ4v) is 4.16. The van der Waals surface area contributed by atoms with E-state index >= 15 is 0 Å². The summed E-state index contributed by atoms with van der Waals surface area (Å²) >= 11 is 7.59. The van der Waals surface area contributed by atoms with Crippen molar-refractivity contribution in [2.75, 3.05) is 0 Å². The number of rotatable bonds is 4. The number of nitrogens with zero attached hydrogens (tertiary/aromatic N) is 2. The SMILES string of the molecule is Cc1ccccc1CSc1nc2ccccc2c(=O)n1-c1ccc(Cl)cc1. The van der Waals surface area contributed by atoms with E-state index < -0.39 is 0 Å². The van der Waals surface area contributed by atoms with E-state index in [2.05, 4.69) is 19.1 Å². The molecule has 3 nitrogen and oxygen atoms in total. The van der Waals surface area contributed by atoms with E-state index in [0.29, 0.717) is 21.1 Å². The Morgan fingerprint density at radius 3 is 2.44 bits per heavy atom. The van der Waals surface area contributed by atoms with Gasteiger partial charge in [-0.05, 0) is 54.4 Å². The molecular formula is C22H17ClN2OS. The van der Waals surface area contributed by atoms with Gasteiger partial charge in [-0.15, -0.1) is 0 Å². The number of aromatic nitrogens is 2. The second-order valence-corrected chi connectivity index (χ2v) is 7.62. The molecule has 27 heavy (non-hydrogen) atoms. The quantitative estimate of drug-likeness (QED) is 0.333. The van der Waals surface area contributed by atoms with Gasteiger partial charge in [-0.25, -0.2) is 4.98 Å². The highest BCUT2D eigenvalue weighted by molar-refractivity contribution is 7.98. The van der Waals surface area contributed by atoms with E-state index in [-0.39, 0.29) is 5.56 Å². The fraction of sp³-hybridized carbons (Fsp3) is 0.0909. The zero-order chi connectivity index (χ0) is 18.8. The lowest BCUT2D eigenvalue weighted by molar-refractivity contribution is 0.819. The number of halogens is 1. The number of fused-ring (bicyclic) bond motifs is 1. The highest BCUT2D eigenvalue weighted by Crippen LogP contribution is 2.26. The largest absolute Gasteiger partial charge is 0.268 e. The van der Waals surface area contributed by atoms with Crippen LogP contribution in [-0.2, 0) is 5.75 Å². The molecule has 4 aromatic rings. The lowest BCUT2D eigenvalue weighted by Gasteiger charge is -2.14. The minimum absolute atomic E-state index is 0.0739. The first-order valence-corrected chi connectivity index (χ1v) is 9.95. The third kappa shape index (κ3) is 3.64. The zero-order valence-electron chi connectivity index (χ0n) is 14.7. The van der Waals surface area contributed by atoms with Gasteiger partial charge in [-0.1, -0.05) is 59.8 Å². The van der Waals surface area contributed by atoms with Crippen molar-refractivity contribution in [3.63, 3.8) is 0 Å². The summed E-state index contributed by atoms with van der Waals surface area (Å²) in [7, 11) is 0. The number of para-hydroxylation sites is 1. The number of benzene rings is 3. The molecule has 0 saturated carbocycles. The summed E-state index contributed by atoms with van der Waals surface area (Å²) in [5.74, 6) is 0.741. The maximum atomic E-state index is 13.2. The molecule has 3 aromatic carbocycles. The van der Waals surface area contributed by atoms with Gasteiger partial charge in [0, 0.05) is 10.8 Å². The second kappa shape index (κ2) is 7.59. The van der Waals surface area contributed by atoms with Crippen molar-refractivity contribution in [2.45, 2.75) is 17.8 Å². The average Bonchev–Trinajstić information content (AvgIpc) is 2.69. The number of hydrogen-bond donors (Lipinski definition) is 0. The van der Waals surface area contributed by atoms with Gasteiger partial charge >= 0.3 is 0 Å². The molecule has 1 heterocycles. The molecule has 0 atom stereocenters. The summed E-state index contributed by atoms with van der Waals surface area (Å²) in [4.78, 5) is 18.0. The first kappa shape index (κ1) is 17.8. The second-order valence-electron chi connectivity index (χ2n) is 6.24. The molecular weight excluding hydrogens is 376 g/mol. The normalized spacial score (nSPS) is 11.0. The van der Waals surface area contributed by atoms with Gasteiger partial charge in [0.15, 0.2) is 5.16 Å². The Labute approximate surface area is 166 Å². The van der Waals surface area contributed by atoms with Crippen LogP contribution in [0.1, 0.15) is 11.1 Å². The molecule has 1 aromatic heterocycles. The highest BCUT2D eigenvalue weighted by atomic mass is 35.5. The average molecular weight is 393 g/mol. The summed E-state index contributed by atoms with van der Waals surface area (Å²) in [6.07, 6.45) is 0. The Balaban J connectivity index is 1.84. The lowest BCUT2D eigenvalue weighted by Crippen LogP contribution is -2.21. The molecule has 5 heteroatoms. The molecule has 0 radical (unpaired) electrons. The van der Waals surface area contributed by atoms with Crippen LogP contribution >= 0.6 is 23.4 Å². The third-order valence-corrected chi connectivity index (χ3v) is 5.69. The molecule has 0 aliphatic rings. The maximum Gasteiger partial charge on any atom is 0.266 e. The van der Waals surface area contributed by atoms with E-state index in [4.69, 9.17) is 16.6 Å². The summed E-state index contributed by atoms with van der Waals surface area (Å²) in [6.45, 7) is 2.09. The smallest absolute Gasteiger partial charge is 0.266 e. The first-order valence-electron chi connectivity index (χ1n) is 8.58. The summed E-state index contributed by atoms with van der Waals surface area (Å²) in [6, 6.07) is 23.0. The third-order valence-electron chi connectivity index (χ3n) is 4.45. The standard InChI is InChI=1S/C22H17ClN2OS/c1-15-6-2-3-7-16(15)14-27-22-24-20-9-5-4-8-19(20)21(26)25(22)18-12-10-17(23)11-13-18/h2-13H,14H2,1H3. The Morgan fingerprint density at radius 1 is 0.963 bits per heavy atom. The van der Waals surface area contributed by atoms with Crippen LogP contribution in [0.15, 0.2) is 82.7 Å². The van der Waals surface area contributed by atoms with Gasteiger partial charge in [0.1, 0.15) is 0 Å². The van der Waals surface area contributed by atoms with Crippen molar-refractivity contribution in [2.24, 2.45) is 0 Å². The van der Waals surface area contributed by atoms with Crippen LogP contribution in [0, 0.1) is 6.92 Å². The molecule has 0 amide bonds. The van der Waals surface area contributed by atoms with E-state index in [1.54, 1.807) is 28.5 Å². The van der Waals surface area contributed by atoms with Crippen molar-refractivity contribution < 1.29 is 0 Å². The van der Waals surface area contributed by atoms with E-state index in [9.17, 15) is 4.79 Å². The van der Waals surface area contributed by atoms with Gasteiger partial charge < -0.3 is 0 Å². The number of thioether (sulfide) groups is 1. The predicted molar refractivity (Wildman–Crippen MR) is 113 cm³/mol. The maximum absolute atomic E-state index is 13.2. The van der Waals surface area contributed by atoms with Crippen LogP contribution in [0.5, 0.6) is 0 Å². The van der Waals surface area contributed by atoms with Crippen LogP contribution in [0.3, 0.4) is 0 Å². The van der Waals surface area contributed by atoms with Crippen LogP contribution in [0.2, 0.25) is 5.02 Å². The topological polar surface area (TPSA) is 34.9 Å². The Morgan fingerprint density at radius 2 is 1.67 bits per heavy atom. The summed E-state index contributed by atoms with van der Waals surface area (Å²) < 4.78 is 1.67. The Bertz CT molecular complexity index is 1170. The van der Waals surface area contributed by atoms with Crippen molar-refractivity contribution >= 4 is 34.3 Å². The van der Waals surface area contributed by atoms with Crippen molar-refractivity contribution in [3.05, 3.63) is 99.3 Å². The van der Waals surface area contributed by atoms with Gasteiger partial charge in [-0.3, -0.25) is 9.36 Å². The molecule has 0 bridgehead atoms. The molecule has 0 N–H and O–H groups in total. The van der Waals surface area contributed by atoms with Crippen LogP contribution in [0.4, 0.5) is 0 Å². The van der Waals surface area contributed by atoms with E-state index in [1.165, 1.54) is 11.1 Å². The molecule has 134 valence electrons. The van der Waals surface area contributed by atoms with Gasteiger partial charge in [0.05, 0.1) is 16.6 Å². The van der Waals surface area contributed by atoms with E-state index in [1.807, 2.05) is 48.5 Å². The van der Waals surface area contributed by atoms with Crippen molar-refractivity contribution in [1.29, 1.82) is 0 Å². The molecule has 4 rings (SSSR count). The van der Waals surface area contributed by atoms with Crippen LogP contribution < -0.4 is 5.56 Å². The fourth-order valence-electron chi connectivity index (χ4n) is 2.94. The van der Waals surface area contributed by atoms with Gasteiger partial charge in [0.2, 0.25) is 0 Å². The van der Waals surface area contributed by atoms with Crippen LogP contribution in [-0.4, -0.2) is 9.55 Å². The van der Waals surface area contributed by atoms with Gasteiger partial charge in [0.25, 0.3) is 5.56 Å². The highest BCUT2D eigenvalue weighted by Gasteiger charge is 2.13. The summed E-state index contributed by atoms with van der Waals surface area (Å²) in [5, 5.41) is 1.91. The Kier molecular flexibility index (Phi) is 5.01. The first-order chi connectivity index (χ1) is 13.1. The minimum Gasteiger partial charge on any atom is -0.268 e.